The van der Waals surface area contributed by atoms with E-state index < -0.39 is 0 Å². The third-order valence-electron chi connectivity index (χ3n) is 3.69. The molecule has 1 saturated carbocycles. The van der Waals surface area contributed by atoms with Crippen LogP contribution in [0.2, 0.25) is 0 Å². The van der Waals surface area contributed by atoms with Gasteiger partial charge in [0.2, 0.25) is 0 Å². The molecule has 1 aromatic carbocycles. The Morgan fingerprint density at radius 3 is 2.50 bits per heavy atom. The lowest BCUT2D eigenvalue weighted by Gasteiger charge is -2.19. The summed E-state index contributed by atoms with van der Waals surface area (Å²) in [5, 5.41) is 12.3. The van der Waals surface area contributed by atoms with Gasteiger partial charge in [-0.2, -0.15) is 5.26 Å². The number of anilines is 1. The highest BCUT2D eigenvalue weighted by molar-refractivity contribution is 5.56. The van der Waals surface area contributed by atoms with E-state index in [-0.39, 0.29) is 5.82 Å². The zero-order valence-corrected chi connectivity index (χ0v) is 10.8. The Labute approximate surface area is 108 Å². The molecule has 0 spiro atoms. The van der Waals surface area contributed by atoms with Gasteiger partial charge in [0.1, 0.15) is 5.82 Å². The summed E-state index contributed by atoms with van der Waals surface area (Å²) in [6, 6.07) is 5.47. The standard InChI is InChI=1S/C15H19FN2/c1-11-14(16)8-12(10-17)9-15(11)18-13-6-4-2-3-5-7-13/h8-9,13,18H,2-7H2,1H3. The third kappa shape index (κ3) is 3.01. The minimum absolute atomic E-state index is 0.301. The SMILES string of the molecule is Cc1c(F)cc(C#N)cc1NC1CCCCCC1. The largest absolute Gasteiger partial charge is 0.382 e. The first-order valence-corrected chi connectivity index (χ1v) is 6.67. The second-order valence-corrected chi connectivity index (χ2v) is 5.08. The molecule has 2 nitrogen and oxygen atoms in total. The third-order valence-corrected chi connectivity index (χ3v) is 3.69. The number of halogens is 1. The van der Waals surface area contributed by atoms with Crippen LogP contribution in [0, 0.1) is 24.1 Å². The van der Waals surface area contributed by atoms with Crippen LogP contribution in [-0.2, 0) is 0 Å². The van der Waals surface area contributed by atoms with Crippen LogP contribution in [0.1, 0.15) is 49.7 Å². The average molecular weight is 246 g/mol. The first kappa shape index (κ1) is 12.9. The zero-order valence-electron chi connectivity index (χ0n) is 10.8. The van der Waals surface area contributed by atoms with Crippen molar-refractivity contribution in [2.24, 2.45) is 0 Å². The first-order valence-electron chi connectivity index (χ1n) is 6.67. The molecule has 1 aromatic rings. The Hall–Kier alpha value is -1.56. The van der Waals surface area contributed by atoms with Crippen molar-refractivity contribution in [2.75, 3.05) is 5.32 Å². The quantitative estimate of drug-likeness (QED) is 0.796. The van der Waals surface area contributed by atoms with Crippen LogP contribution in [0.15, 0.2) is 12.1 Å². The Morgan fingerprint density at radius 2 is 1.89 bits per heavy atom. The molecule has 0 aromatic heterocycles. The summed E-state index contributed by atoms with van der Waals surface area (Å²) in [7, 11) is 0. The van der Waals surface area contributed by atoms with Crippen molar-refractivity contribution in [3.05, 3.63) is 29.1 Å². The highest BCUT2D eigenvalue weighted by Gasteiger charge is 2.14. The molecule has 1 fully saturated rings. The molecule has 0 bridgehead atoms. The number of hydrogen-bond donors (Lipinski definition) is 1. The average Bonchev–Trinajstić information content (AvgIpc) is 2.63. The Morgan fingerprint density at radius 1 is 1.22 bits per heavy atom. The molecule has 1 aliphatic carbocycles. The number of nitrogens with zero attached hydrogens (tertiary/aromatic N) is 1. The van der Waals surface area contributed by atoms with Gasteiger partial charge in [0.05, 0.1) is 11.6 Å². The summed E-state index contributed by atoms with van der Waals surface area (Å²) >= 11 is 0. The highest BCUT2D eigenvalue weighted by atomic mass is 19.1. The van der Waals surface area contributed by atoms with E-state index in [1.54, 1.807) is 13.0 Å². The van der Waals surface area contributed by atoms with Gasteiger partial charge in [0.25, 0.3) is 0 Å². The first-order chi connectivity index (χ1) is 8.70. The predicted octanol–water partition coefficient (Wildman–Crippen LogP) is 4.14. The van der Waals surface area contributed by atoms with Crippen LogP contribution in [0.3, 0.4) is 0 Å². The lowest BCUT2D eigenvalue weighted by molar-refractivity contribution is 0.607. The molecule has 0 radical (unpaired) electrons. The van der Waals surface area contributed by atoms with Crippen LogP contribution >= 0.6 is 0 Å². The fourth-order valence-electron chi connectivity index (χ4n) is 2.54. The number of nitrogens with one attached hydrogen (secondary N) is 1. The Bertz CT molecular complexity index is 454. The van der Waals surface area contributed by atoms with Crippen molar-refractivity contribution in [3.8, 4) is 6.07 Å². The van der Waals surface area contributed by atoms with Crippen LogP contribution in [0.4, 0.5) is 10.1 Å². The summed E-state index contributed by atoms with van der Waals surface area (Å²) in [6.45, 7) is 1.76. The summed E-state index contributed by atoms with van der Waals surface area (Å²) in [5.74, 6) is -0.301. The highest BCUT2D eigenvalue weighted by Crippen LogP contribution is 2.25. The number of benzene rings is 1. The van der Waals surface area contributed by atoms with E-state index in [0.717, 1.165) is 18.5 Å². The van der Waals surface area contributed by atoms with Crippen LogP contribution in [-0.4, -0.2) is 6.04 Å². The molecule has 0 aliphatic heterocycles. The van der Waals surface area contributed by atoms with E-state index >= 15 is 0 Å². The molecule has 2 rings (SSSR count). The van der Waals surface area contributed by atoms with Gasteiger partial charge in [0, 0.05) is 17.3 Å². The molecular weight excluding hydrogens is 227 g/mol. The van der Waals surface area contributed by atoms with Crippen molar-refractivity contribution in [2.45, 2.75) is 51.5 Å². The molecule has 3 heteroatoms. The lowest BCUT2D eigenvalue weighted by Crippen LogP contribution is -2.19. The van der Waals surface area contributed by atoms with Gasteiger partial charge >= 0.3 is 0 Å². The van der Waals surface area contributed by atoms with Gasteiger partial charge in [-0.05, 0) is 31.9 Å². The molecule has 0 unspecified atom stereocenters. The second-order valence-electron chi connectivity index (χ2n) is 5.08. The fraction of sp³-hybridized carbons (Fsp3) is 0.533. The van der Waals surface area contributed by atoms with E-state index in [1.807, 2.05) is 6.07 Å². The minimum Gasteiger partial charge on any atom is -0.382 e. The van der Waals surface area contributed by atoms with E-state index in [0.29, 0.717) is 17.2 Å². The fourth-order valence-corrected chi connectivity index (χ4v) is 2.54. The number of rotatable bonds is 2. The van der Waals surface area contributed by atoms with Gasteiger partial charge < -0.3 is 5.32 Å². The Kier molecular flexibility index (Phi) is 4.19. The molecule has 96 valence electrons. The van der Waals surface area contributed by atoms with Crippen molar-refractivity contribution < 1.29 is 4.39 Å². The van der Waals surface area contributed by atoms with Gasteiger partial charge in [0.15, 0.2) is 0 Å². The topological polar surface area (TPSA) is 35.8 Å². The second kappa shape index (κ2) is 5.86. The van der Waals surface area contributed by atoms with Crippen molar-refractivity contribution in [1.29, 1.82) is 5.26 Å². The number of nitriles is 1. The molecule has 1 N–H and O–H groups in total. The normalized spacial score (nSPS) is 16.9. The molecule has 0 amide bonds. The van der Waals surface area contributed by atoms with E-state index in [1.165, 1.54) is 31.7 Å². The van der Waals surface area contributed by atoms with Gasteiger partial charge in [-0.25, -0.2) is 4.39 Å². The molecular formula is C15H19FN2. The van der Waals surface area contributed by atoms with E-state index in [9.17, 15) is 4.39 Å². The van der Waals surface area contributed by atoms with Gasteiger partial charge in [-0.3, -0.25) is 0 Å². The maximum absolute atomic E-state index is 13.7. The van der Waals surface area contributed by atoms with Gasteiger partial charge in [-0.15, -0.1) is 0 Å². The summed E-state index contributed by atoms with van der Waals surface area (Å²) in [6.07, 6.45) is 7.33. The zero-order chi connectivity index (χ0) is 13.0. The van der Waals surface area contributed by atoms with Crippen molar-refractivity contribution >= 4 is 5.69 Å². The molecule has 0 heterocycles. The molecule has 0 saturated heterocycles. The molecule has 18 heavy (non-hydrogen) atoms. The summed E-state index contributed by atoms with van der Waals surface area (Å²) < 4.78 is 13.7. The smallest absolute Gasteiger partial charge is 0.129 e. The van der Waals surface area contributed by atoms with Crippen LogP contribution in [0.25, 0.3) is 0 Å². The lowest BCUT2D eigenvalue weighted by atomic mass is 10.1. The summed E-state index contributed by atoms with van der Waals surface area (Å²) in [5.41, 5.74) is 1.77. The van der Waals surface area contributed by atoms with Crippen molar-refractivity contribution in [1.82, 2.24) is 0 Å². The summed E-state index contributed by atoms with van der Waals surface area (Å²) in [4.78, 5) is 0. The maximum Gasteiger partial charge on any atom is 0.129 e. The monoisotopic (exact) mass is 246 g/mol. The predicted molar refractivity (Wildman–Crippen MR) is 71.0 cm³/mol. The van der Waals surface area contributed by atoms with Crippen LogP contribution < -0.4 is 5.32 Å². The number of hydrogen-bond acceptors (Lipinski definition) is 2. The van der Waals surface area contributed by atoms with Crippen molar-refractivity contribution in [3.63, 3.8) is 0 Å². The molecule has 0 atom stereocenters. The Balaban J connectivity index is 2.17. The van der Waals surface area contributed by atoms with Crippen LogP contribution in [0.5, 0.6) is 0 Å². The van der Waals surface area contributed by atoms with E-state index in [2.05, 4.69) is 5.32 Å². The van der Waals surface area contributed by atoms with Gasteiger partial charge in [-0.1, -0.05) is 25.7 Å². The minimum atomic E-state index is -0.301. The van der Waals surface area contributed by atoms with E-state index in [4.69, 9.17) is 5.26 Å². The maximum atomic E-state index is 13.7. The molecule has 1 aliphatic rings.